The van der Waals surface area contributed by atoms with Gasteiger partial charge in [0.15, 0.2) is 5.78 Å². The normalized spacial score (nSPS) is 24.9. The molecule has 1 aliphatic rings. The summed E-state index contributed by atoms with van der Waals surface area (Å²) in [6.45, 7) is 3.82. The molecular formula is C15H17NO2. The molecule has 0 aromatic heterocycles. The van der Waals surface area contributed by atoms with E-state index in [4.69, 9.17) is 0 Å². The molecule has 1 aromatic carbocycles. The number of aliphatic hydroxyl groups excluding tert-OH is 1. The van der Waals surface area contributed by atoms with Crippen LogP contribution in [0.25, 0.3) is 0 Å². The lowest BCUT2D eigenvalue weighted by Gasteiger charge is -2.23. The van der Waals surface area contributed by atoms with Gasteiger partial charge in [0.05, 0.1) is 11.3 Å². The van der Waals surface area contributed by atoms with Crippen molar-refractivity contribution in [1.82, 2.24) is 0 Å². The van der Waals surface area contributed by atoms with E-state index < -0.39 is 0 Å². The minimum absolute atomic E-state index is 0.0229. The van der Waals surface area contributed by atoms with Gasteiger partial charge in [0.25, 0.3) is 0 Å². The first-order valence-electron chi connectivity index (χ1n) is 6.16. The van der Waals surface area contributed by atoms with Crippen LogP contribution >= 0.6 is 0 Å². The van der Waals surface area contributed by atoms with Crippen molar-refractivity contribution < 1.29 is 9.90 Å². The van der Waals surface area contributed by atoms with Gasteiger partial charge in [-0.3, -0.25) is 9.79 Å². The van der Waals surface area contributed by atoms with E-state index in [1.165, 1.54) is 6.21 Å². The molecule has 3 heteroatoms. The number of rotatable bonds is 2. The topological polar surface area (TPSA) is 49.7 Å². The van der Waals surface area contributed by atoms with E-state index in [-0.39, 0.29) is 23.4 Å². The minimum Gasteiger partial charge on any atom is -0.511 e. The second kappa shape index (κ2) is 5.17. The van der Waals surface area contributed by atoms with Crippen molar-refractivity contribution in [2.75, 3.05) is 0 Å². The average molecular weight is 243 g/mol. The predicted octanol–water partition coefficient (Wildman–Crippen LogP) is 3.45. The molecule has 0 spiro atoms. The van der Waals surface area contributed by atoms with Crippen LogP contribution in [0.5, 0.6) is 0 Å². The van der Waals surface area contributed by atoms with Crippen LogP contribution < -0.4 is 0 Å². The number of hydrogen-bond donors (Lipinski definition) is 1. The Balaban J connectivity index is 2.29. The Bertz CT molecular complexity index is 502. The number of aliphatic imine (C=N–C) groups is 1. The summed E-state index contributed by atoms with van der Waals surface area (Å²) in [5, 5.41) is 9.97. The molecular weight excluding hydrogens is 226 g/mol. The maximum absolute atomic E-state index is 12.0. The van der Waals surface area contributed by atoms with E-state index in [9.17, 15) is 9.90 Å². The fraction of sp³-hybridized carbons (Fsp3) is 0.333. The monoisotopic (exact) mass is 243 g/mol. The summed E-state index contributed by atoms with van der Waals surface area (Å²) >= 11 is 0. The highest BCUT2D eigenvalue weighted by molar-refractivity contribution is 6.15. The molecule has 2 atom stereocenters. The SMILES string of the molecule is C[C@@H]1C[C@@H](C)C(O)=C(C=Nc2ccccc2)C1=O. The Kier molecular flexibility index (Phi) is 3.60. The molecule has 94 valence electrons. The number of benzene rings is 1. The van der Waals surface area contributed by atoms with Gasteiger partial charge in [-0.15, -0.1) is 0 Å². The molecule has 0 radical (unpaired) electrons. The summed E-state index contributed by atoms with van der Waals surface area (Å²) in [5.41, 5.74) is 1.13. The molecule has 18 heavy (non-hydrogen) atoms. The van der Waals surface area contributed by atoms with E-state index in [1.54, 1.807) is 0 Å². The summed E-state index contributed by atoms with van der Waals surface area (Å²) in [6, 6.07) is 9.39. The van der Waals surface area contributed by atoms with Gasteiger partial charge in [0, 0.05) is 18.1 Å². The summed E-state index contributed by atoms with van der Waals surface area (Å²) in [7, 11) is 0. The second-order valence-corrected chi connectivity index (χ2v) is 4.79. The van der Waals surface area contributed by atoms with Crippen molar-refractivity contribution in [3.63, 3.8) is 0 Å². The highest BCUT2D eigenvalue weighted by atomic mass is 16.3. The van der Waals surface area contributed by atoms with E-state index >= 15 is 0 Å². The smallest absolute Gasteiger partial charge is 0.170 e. The third-order valence-electron chi connectivity index (χ3n) is 3.26. The number of aliphatic hydroxyl groups is 1. The Labute approximate surface area is 107 Å². The zero-order chi connectivity index (χ0) is 13.1. The molecule has 1 aliphatic carbocycles. The van der Waals surface area contributed by atoms with Gasteiger partial charge in [-0.2, -0.15) is 0 Å². The molecule has 0 saturated heterocycles. The Morgan fingerprint density at radius 3 is 2.56 bits per heavy atom. The van der Waals surface area contributed by atoms with Crippen molar-refractivity contribution in [2.45, 2.75) is 20.3 Å². The maximum atomic E-state index is 12.0. The quantitative estimate of drug-likeness (QED) is 0.809. The van der Waals surface area contributed by atoms with Crippen LogP contribution in [0.15, 0.2) is 46.7 Å². The van der Waals surface area contributed by atoms with Gasteiger partial charge < -0.3 is 5.11 Å². The first kappa shape index (κ1) is 12.6. The number of nitrogens with zero attached hydrogens (tertiary/aromatic N) is 1. The number of para-hydroxylation sites is 1. The zero-order valence-electron chi connectivity index (χ0n) is 10.6. The van der Waals surface area contributed by atoms with Crippen LogP contribution in [0.4, 0.5) is 5.69 Å². The third kappa shape index (κ3) is 2.50. The number of carbonyl (C=O) groups excluding carboxylic acids is 1. The largest absolute Gasteiger partial charge is 0.511 e. The molecule has 2 rings (SSSR count). The van der Waals surface area contributed by atoms with Crippen molar-refractivity contribution in [3.05, 3.63) is 41.7 Å². The Hall–Kier alpha value is -1.90. The molecule has 0 aliphatic heterocycles. The molecule has 0 amide bonds. The molecule has 1 aromatic rings. The molecule has 0 heterocycles. The lowest BCUT2D eigenvalue weighted by Crippen LogP contribution is -2.26. The van der Waals surface area contributed by atoms with Crippen LogP contribution in [-0.2, 0) is 4.79 Å². The van der Waals surface area contributed by atoms with Crippen LogP contribution in [0, 0.1) is 11.8 Å². The summed E-state index contributed by atoms with van der Waals surface area (Å²) < 4.78 is 0. The van der Waals surface area contributed by atoms with Gasteiger partial charge in [-0.25, -0.2) is 0 Å². The highest BCUT2D eigenvalue weighted by Crippen LogP contribution is 2.29. The van der Waals surface area contributed by atoms with E-state index in [0.717, 1.165) is 5.69 Å². The second-order valence-electron chi connectivity index (χ2n) is 4.79. The van der Waals surface area contributed by atoms with Crippen molar-refractivity contribution in [2.24, 2.45) is 16.8 Å². The number of allylic oxidation sites excluding steroid dienone is 2. The first-order chi connectivity index (χ1) is 8.59. The first-order valence-corrected chi connectivity index (χ1v) is 6.16. The van der Waals surface area contributed by atoms with Gasteiger partial charge in [-0.05, 0) is 18.6 Å². The number of Topliss-reactive ketones (excluding diaryl/α,β-unsaturated/α-hetero) is 1. The predicted molar refractivity (Wildman–Crippen MR) is 72.2 cm³/mol. The van der Waals surface area contributed by atoms with E-state index in [0.29, 0.717) is 12.0 Å². The van der Waals surface area contributed by atoms with Gasteiger partial charge in [0.2, 0.25) is 0 Å². The number of carbonyl (C=O) groups is 1. The fourth-order valence-electron chi connectivity index (χ4n) is 2.19. The molecule has 0 bridgehead atoms. The number of hydrogen-bond acceptors (Lipinski definition) is 3. The highest BCUT2D eigenvalue weighted by Gasteiger charge is 2.30. The molecule has 0 fully saturated rings. The molecule has 0 saturated carbocycles. The third-order valence-corrected chi connectivity index (χ3v) is 3.26. The minimum atomic E-state index is -0.0480. The lowest BCUT2D eigenvalue weighted by molar-refractivity contribution is -0.119. The maximum Gasteiger partial charge on any atom is 0.170 e. The molecule has 1 N–H and O–H groups in total. The van der Waals surface area contributed by atoms with Crippen molar-refractivity contribution in [3.8, 4) is 0 Å². The van der Waals surface area contributed by atoms with Gasteiger partial charge in [0.1, 0.15) is 5.76 Å². The van der Waals surface area contributed by atoms with Gasteiger partial charge in [-0.1, -0.05) is 32.0 Å². The number of ketones is 1. The average Bonchev–Trinajstić information content (AvgIpc) is 2.38. The van der Waals surface area contributed by atoms with E-state index in [1.807, 2.05) is 44.2 Å². The lowest BCUT2D eigenvalue weighted by atomic mass is 9.82. The van der Waals surface area contributed by atoms with Crippen LogP contribution in [0.1, 0.15) is 20.3 Å². The van der Waals surface area contributed by atoms with Crippen molar-refractivity contribution >= 4 is 17.7 Å². The van der Waals surface area contributed by atoms with Gasteiger partial charge >= 0.3 is 0 Å². The zero-order valence-corrected chi connectivity index (χ0v) is 10.6. The van der Waals surface area contributed by atoms with E-state index in [2.05, 4.69) is 4.99 Å². The fourth-order valence-corrected chi connectivity index (χ4v) is 2.19. The Morgan fingerprint density at radius 1 is 1.22 bits per heavy atom. The standard InChI is InChI=1S/C15H17NO2/c1-10-8-11(2)15(18)13(14(10)17)9-16-12-6-4-3-5-7-12/h3-7,9-11,17H,8H2,1-2H3/t10-,11-/m1/s1. The van der Waals surface area contributed by atoms with Crippen molar-refractivity contribution in [1.29, 1.82) is 0 Å². The summed E-state index contributed by atoms with van der Waals surface area (Å²) in [6.07, 6.45) is 2.19. The molecule has 0 unspecified atom stereocenters. The van der Waals surface area contributed by atoms with Crippen LogP contribution in [0.3, 0.4) is 0 Å². The molecule has 3 nitrogen and oxygen atoms in total. The summed E-state index contributed by atoms with van der Waals surface area (Å²) in [4.78, 5) is 16.2. The van der Waals surface area contributed by atoms with Crippen LogP contribution in [-0.4, -0.2) is 17.1 Å². The van der Waals surface area contributed by atoms with Crippen LogP contribution in [0.2, 0.25) is 0 Å². The Morgan fingerprint density at radius 2 is 1.89 bits per heavy atom. The summed E-state index contributed by atoms with van der Waals surface area (Å²) in [5.74, 6) is 0.117.